The van der Waals surface area contributed by atoms with Gasteiger partial charge in [0.1, 0.15) is 11.9 Å². The summed E-state index contributed by atoms with van der Waals surface area (Å²) in [6.07, 6.45) is 2.72. The van der Waals surface area contributed by atoms with Crippen LogP contribution in [0.3, 0.4) is 0 Å². The Morgan fingerprint density at radius 3 is 2.68 bits per heavy atom. The van der Waals surface area contributed by atoms with E-state index in [2.05, 4.69) is 81.2 Å². The largest absolute Gasteiger partial charge is 0.438 e. The van der Waals surface area contributed by atoms with Gasteiger partial charge >= 0.3 is 0 Å². The molecule has 1 unspecified atom stereocenters. The molecule has 1 atom stereocenters. The lowest BCUT2D eigenvalue weighted by molar-refractivity contribution is 0.596. The second-order valence-corrected chi connectivity index (χ2v) is 11.0. The van der Waals surface area contributed by atoms with Gasteiger partial charge in [-0.1, -0.05) is 58.0 Å². The first-order valence-electron chi connectivity index (χ1n) is 10.8. The summed E-state index contributed by atoms with van der Waals surface area (Å²) < 4.78 is 6.20. The minimum atomic E-state index is 0.0206. The topological polar surface area (TPSA) is 38.9 Å². The highest BCUT2D eigenvalue weighted by Crippen LogP contribution is 2.47. The molecule has 6 rings (SSSR count). The average Bonchev–Trinajstić information content (AvgIpc) is 3.31. The Balaban J connectivity index is 1.72. The van der Waals surface area contributed by atoms with Gasteiger partial charge in [-0.25, -0.2) is 9.97 Å². The van der Waals surface area contributed by atoms with Crippen molar-refractivity contribution >= 4 is 44.6 Å². The molecule has 0 saturated carbocycles. The lowest BCUT2D eigenvalue weighted by Gasteiger charge is -2.22. The summed E-state index contributed by atoms with van der Waals surface area (Å²) in [5.74, 6) is 0. The number of hydrogen-bond acceptors (Lipinski definition) is 4. The van der Waals surface area contributed by atoms with E-state index in [1.54, 1.807) is 6.33 Å². The molecule has 31 heavy (non-hydrogen) atoms. The molecular weight excluding hydrogens is 400 g/mol. The Morgan fingerprint density at radius 2 is 1.84 bits per heavy atom. The van der Waals surface area contributed by atoms with Crippen molar-refractivity contribution in [1.29, 1.82) is 0 Å². The van der Waals surface area contributed by atoms with Crippen molar-refractivity contribution in [3.8, 4) is 11.3 Å². The highest BCUT2D eigenvalue weighted by atomic mass is 32.2. The fourth-order valence-corrected chi connectivity index (χ4v) is 6.13. The van der Waals surface area contributed by atoms with Gasteiger partial charge in [-0.3, -0.25) is 0 Å². The third-order valence-electron chi connectivity index (χ3n) is 6.24. The summed E-state index contributed by atoms with van der Waals surface area (Å²) in [6.45, 7) is 9.10. The Hall–Kier alpha value is -2.85. The normalized spacial score (nSPS) is 16.5. The van der Waals surface area contributed by atoms with E-state index in [9.17, 15) is 0 Å². The van der Waals surface area contributed by atoms with Crippen LogP contribution in [0.4, 0.5) is 0 Å². The molecule has 3 heterocycles. The second kappa shape index (κ2) is 6.57. The molecule has 0 N–H and O–H groups in total. The zero-order chi connectivity index (χ0) is 21.3. The van der Waals surface area contributed by atoms with Crippen molar-refractivity contribution in [1.82, 2.24) is 9.97 Å². The molecule has 0 radical (unpaired) electrons. The Kier molecular flexibility index (Phi) is 4.00. The summed E-state index contributed by atoms with van der Waals surface area (Å²) in [4.78, 5) is 10.6. The summed E-state index contributed by atoms with van der Waals surface area (Å²) in [6, 6.07) is 17.5. The van der Waals surface area contributed by atoms with Crippen molar-refractivity contribution in [2.75, 3.05) is 0 Å². The molecule has 0 spiro atoms. The van der Waals surface area contributed by atoms with Gasteiger partial charge < -0.3 is 4.42 Å². The number of nitrogens with zero attached hydrogens (tertiary/aromatic N) is 2. The fourth-order valence-electron chi connectivity index (χ4n) is 4.84. The van der Waals surface area contributed by atoms with Crippen LogP contribution in [-0.2, 0) is 11.8 Å². The van der Waals surface area contributed by atoms with Gasteiger partial charge in [-0.2, -0.15) is 0 Å². The summed E-state index contributed by atoms with van der Waals surface area (Å²) in [7, 11) is 0. The van der Waals surface area contributed by atoms with Crippen LogP contribution in [0.15, 0.2) is 64.2 Å². The number of fused-ring (bicyclic) bond motifs is 6. The molecule has 0 saturated heterocycles. The summed E-state index contributed by atoms with van der Waals surface area (Å²) >= 11 is 1.94. The smallest absolute Gasteiger partial charge is 0.231 e. The van der Waals surface area contributed by atoms with Crippen LogP contribution in [0.25, 0.3) is 44.1 Å². The van der Waals surface area contributed by atoms with E-state index in [1.165, 1.54) is 32.2 Å². The average molecular weight is 425 g/mol. The second-order valence-electron chi connectivity index (χ2n) is 9.56. The molecule has 0 fully saturated rings. The minimum absolute atomic E-state index is 0.0206. The summed E-state index contributed by atoms with van der Waals surface area (Å²) in [5, 5.41) is 5.31. The number of furan rings is 1. The predicted molar refractivity (Wildman–Crippen MR) is 130 cm³/mol. The Labute approximate surface area is 185 Å². The van der Waals surface area contributed by atoms with Gasteiger partial charge in [0.05, 0.1) is 11.1 Å². The number of aromatic nitrogens is 2. The maximum atomic E-state index is 6.20. The zero-order valence-electron chi connectivity index (χ0n) is 18.2. The number of rotatable bonds is 1. The standard InChI is InChI=1S/C27H24N2OS/c1-15-11-17-9-10-21-22(25(17)31-15)23-24(28-14-29-26(23)30-21)18-12-16-7-5-6-8-19(16)20(13-18)27(2,3)4/h5-10,12-15H,11H2,1-4H3. The van der Waals surface area contributed by atoms with Gasteiger partial charge in [0, 0.05) is 21.1 Å². The lowest BCUT2D eigenvalue weighted by atomic mass is 9.82. The van der Waals surface area contributed by atoms with Crippen LogP contribution in [0.5, 0.6) is 0 Å². The first-order valence-corrected chi connectivity index (χ1v) is 11.7. The number of thioether (sulfide) groups is 1. The molecule has 4 heteroatoms. The van der Waals surface area contributed by atoms with Crippen LogP contribution in [0.1, 0.15) is 38.8 Å². The van der Waals surface area contributed by atoms with E-state index in [4.69, 9.17) is 9.40 Å². The van der Waals surface area contributed by atoms with Crippen LogP contribution >= 0.6 is 11.8 Å². The van der Waals surface area contributed by atoms with Crippen molar-refractivity contribution < 1.29 is 4.42 Å². The monoisotopic (exact) mass is 424 g/mol. The Morgan fingerprint density at radius 1 is 1.00 bits per heavy atom. The predicted octanol–water partition coefficient (Wildman–Crippen LogP) is 7.53. The highest BCUT2D eigenvalue weighted by Gasteiger charge is 2.26. The van der Waals surface area contributed by atoms with Crippen LogP contribution < -0.4 is 0 Å². The SMILES string of the molecule is CC1Cc2ccc3oc4ncnc(-c5cc(C(C)(C)C)c6ccccc6c5)c4c3c2S1. The van der Waals surface area contributed by atoms with Gasteiger partial charge in [0.15, 0.2) is 0 Å². The molecule has 5 aromatic rings. The first-order chi connectivity index (χ1) is 14.9. The van der Waals surface area contributed by atoms with Gasteiger partial charge in [0.2, 0.25) is 5.71 Å². The van der Waals surface area contributed by atoms with Crippen LogP contribution in [0.2, 0.25) is 0 Å². The quantitative estimate of drug-likeness (QED) is 0.279. The highest BCUT2D eigenvalue weighted by molar-refractivity contribution is 8.00. The van der Waals surface area contributed by atoms with Gasteiger partial charge in [0.25, 0.3) is 0 Å². The molecule has 1 aliphatic rings. The molecule has 2 aromatic heterocycles. The van der Waals surface area contributed by atoms with E-state index >= 15 is 0 Å². The molecule has 0 amide bonds. The Bertz CT molecular complexity index is 1490. The zero-order valence-corrected chi connectivity index (χ0v) is 19.0. The van der Waals surface area contributed by atoms with E-state index in [-0.39, 0.29) is 5.41 Å². The lowest BCUT2D eigenvalue weighted by Crippen LogP contribution is -2.12. The first kappa shape index (κ1) is 18.9. The molecule has 1 aliphatic heterocycles. The fraction of sp³-hybridized carbons (Fsp3) is 0.259. The van der Waals surface area contributed by atoms with Crippen LogP contribution in [-0.4, -0.2) is 15.2 Å². The van der Waals surface area contributed by atoms with Gasteiger partial charge in [-0.15, -0.1) is 11.8 Å². The van der Waals surface area contributed by atoms with Crippen molar-refractivity contribution in [3.05, 3.63) is 66.0 Å². The summed E-state index contributed by atoms with van der Waals surface area (Å²) in [5.41, 5.74) is 6.38. The molecule has 154 valence electrons. The van der Waals surface area contributed by atoms with Crippen LogP contribution in [0, 0.1) is 0 Å². The molecule has 0 aliphatic carbocycles. The number of benzene rings is 3. The van der Waals surface area contributed by atoms with E-state index in [1.807, 2.05) is 11.8 Å². The maximum absolute atomic E-state index is 6.20. The molecule has 3 nitrogen and oxygen atoms in total. The van der Waals surface area contributed by atoms with Crippen molar-refractivity contribution in [2.24, 2.45) is 0 Å². The van der Waals surface area contributed by atoms with Gasteiger partial charge in [-0.05, 0) is 51.9 Å². The van der Waals surface area contributed by atoms with E-state index in [0.717, 1.165) is 28.6 Å². The third kappa shape index (κ3) is 2.89. The van der Waals surface area contributed by atoms with E-state index in [0.29, 0.717) is 11.0 Å². The van der Waals surface area contributed by atoms with E-state index < -0.39 is 0 Å². The molecular formula is C27H24N2OS. The molecule has 3 aromatic carbocycles. The number of hydrogen-bond donors (Lipinski definition) is 0. The minimum Gasteiger partial charge on any atom is -0.438 e. The van der Waals surface area contributed by atoms with Crippen molar-refractivity contribution in [2.45, 2.75) is 49.7 Å². The van der Waals surface area contributed by atoms with Crippen molar-refractivity contribution in [3.63, 3.8) is 0 Å². The maximum Gasteiger partial charge on any atom is 0.231 e. The molecule has 0 bridgehead atoms. The third-order valence-corrected chi connectivity index (χ3v) is 7.51.